The maximum Gasteiger partial charge on any atom is 0.349 e. The maximum atomic E-state index is 11.4. The van der Waals surface area contributed by atoms with Crippen LogP contribution in [0.4, 0.5) is 0 Å². The number of nitriles is 1. The topological polar surface area (TPSA) is 76.4 Å². The Bertz CT molecular complexity index is 415. The van der Waals surface area contributed by atoms with Crippen LogP contribution < -0.4 is 0 Å². The molecule has 17 heavy (non-hydrogen) atoms. The second-order valence-corrected chi connectivity index (χ2v) is 4.29. The number of carbonyl (C=O) groups is 2. The molecule has 0 unspecified atom stereocenters. The molecule has 0 bridgehead atoms. The molecule has 5 nitrogen and oxygen atoms in total. The van der Waals surface area contributed by atoms with Gasteiger partial charge < -0.3 is 9.47 Å². The molecule has 0 atom stereocenters. The first-order chi connectivity index (χ1) is 7.92. The third kappa shape index (κ3) is 2.84. The van der Waals surface area contributed by atoms with Crippen molar-refractivity contribution in [1.29, 1.82) is 5.26 Å². The number of ether oxygens (including phenoxy) is 2. The van der Waals surface area contributed by atoms with Gasteiger partial charge in [-0.2, -0.15) is 5.26 Å². The van der Waals surface area contributed by atoms with Gasteiger partial charge in [-0.15, -0.1) is 0 Å². The Morgan fingerprint density at radius 2 is 2.18 bits per heavy atom. The summed E-state index contributed by atoms with van der Waals surface area (Å²) < 4.78 is 9.62. The van der Waals surface area contributed by atoms with Crippen LogP contribution in [0.25, 0.3) is 0 Å². The van der Waals surface area contributed by atoms with E-state index in [4.69, 9.17) is 10.00 Å². The molecule has 0 fully saturated rings. The Morgan fingerprint density at radius 1 is 1.53 bits per heavy atom. The van der Waals surface area contributed by atoms with Crippen LogP contribution in [0.15, 0.2) is 11.1 Å². The van der Waals surface area contributed by atoms with Gasteiger partial charge in [-0.05, 0) is 32.3 Å². The molecule has 1 aliphatic rings. The number of nitrogens with zero attached hydrogens (tertiary/aromatic N) is 1. The molecule has 5 heteroatoms. The van der Waals surface area contributed by atoms with Crippen molar-refractivity contribution in [2.45, 2.75) is 38.7 Å². The molecule has 92 valence electrons. The van der Waals surface area contributed by atoms with Gasteiger partial charge in [-0.1, -0.05) is 0 Å². The summed E-state index contributed by atoms with van der Waals surface area (Å²) in [6, 6.07) is 1.86. The van der Waals surface area contributed by atoms with Crippen LogP contribution in [-0.2, 0) is 19.1 Å². The largest absolute Gasteiger partial charge is 0.469 e. The lowest BCUT2D eigenvalue weighted by atomic mass is 9.91. The average Bonchev–Trinajstić information content (AvgIpc) is 2.48. The highest BCUT2D eigenvalue weighted by Crippen LogP contribution is 2.35. The summed E-state index contributed by atoms with van der Waals surface area (Å²) in [7, 11) is 1.33. The summed E-state index contributed by atoms with van der Waals surface area (Å²) in [4.78, 5) is 22.4. The SMILES string of the molecule is COC(=O)CCCC1=C(C#N)C(=O)OC1(C)C. The molecule has 0 saturated carbocycles. The van der Waals surface area contributed by atoms with E-state index in [1.54, 1.807) is 13.8 Å². The smallest absolute Gasteiger partial charge is 0.349 e. The molecule has 1 rings (SSSR count). The highest BCUT2D eigenvalue weighted by atomic mass is 16.6. The molecule has 0 spiro atoms. The van der Waals surface area contributed by atoms with Crippen LogP contribution in [0, 0.1) is 11.3 Å². The second kappa shape index (κ2) is 5.00. The number of methoxy groups -OCH3 is 1. The Morgan fingerprint density at radius 3 is 2.71 bits per heavy atom. The lowest BCUT2D eigenvalue weighted by Gasteiger charge is -2.20. The molecular weight excluding hydrogens is 222 g/mol. The minimum Gasteiger partial charge on any atom is -0.469 e. The fourth-order valence-electron chi connectivity index (χ4n) is 1.82. The van der Waals surface area contributed by atoms with E-state index in [0.29, 0.717) is 18.4 Å². The first kappa shape index (κ1) is 13.2. The van der Waals surface area contributed by atoms with Crippen LogP contribution >= 0.6 is 0 Å². The van der Waals surface area contributed by atoms with Crippen LogP contribution in [0.3, 0.4) is 0 Å². The second-order valence-electron chi connectivity index (χ2n) is 4.29. The maximum absolute atomic E-state index is 11.4. The zero-order valence-corrected chi connectivity index (χ0v) is 10.2. The van der Waals surface area contributed by atoms with Gasteiger partial charge in [0.1, 0.15) is 17.2 Å². The van der Waals surface area contributed by atoms with Gasteiger partial charge in [0, 0.05) is 6.42 Å². The van der Waals surface area contributed by atoms with Crippen LogP contribution in [0.1, 0.15) is 33.1 Å². The number of hydrogen-bond acceptors (Lipinski definition) is 5. The molecule has 0 amide bonds. The van der Waals surface area contributed by atoms with E-state index in [2.05, 4.69) is 4.74 Å². The highest BCUT2D eigenvalue weighted by Gasteiger charge is 2.39. The molecule has 0 radical (unpaired) electrons. The number of esters is 2. The van der Waals surface area contributed by atoms with E-state index in [-0.39, 0.29) is 18.0 Å². The summed E-state index contributed by atoms with van der Waals surface area (Å²) in [6.45, 7) is 3.48. The Labute approximate surface area is 100 Å². The van der Waals surface area contributed by atoms with Crippen molar-refractivity contribution >= 4 is 11.9 Å². The van der Waals surface area contributed by atoms with Gasteiger partial charge in [0.25, 0.3) is 0 Å². The predicted molar refractivity (Wildman–Crippen MR) is 58.7 cm³/mol. The van der Waals surface area contributed by atoms with E-state index < -0.39 is 11.6 Å². The Balaban J connectivity index is 2.73. The fraction of sp³-hybridized carbons (Fsp3) is 0.583. The van der Waals surface area contributed by atoms with Crippen molar-refractivity contribution in [3.63, 3.8) is 0 Å². The van der Waals surface area contributed by atoms with Crippen molar-refractivity contribution in [2.24, 2.45) is 0 Å². The lowest BCUT2D eigenvalue weighted by Crippen LogP contribution is -2.23. The number of carbonyl (C=O) groups excluding carboxylic acids is 2. The first-order valence-electron chi connectivity index (χ1n) is 5.36. The summed E-state index contributed by atoms with van der Waals surface area (Å²) in [5, 5.41) is 8.89. The summed E-state index contributed by atoms with van der Waals surface area (Å²) in [5.41, 5.74) is -0.0214. The van der Waals surface area contributed by atoms with Crippen molar-refractivity contribution in [3.05, 3.63) is 11.1 Å². The zero-order chi connectivity index (χ0) is 13.1. The highest BCUT2D eigenvalue weighted by molar-refractivity contribution is 5.97. The molecule has 0 aliphatic carbocycles. The first-order valence-corrected chi connectivity index (χ1v) is 5.36. The van der Waals surface area contributed by atoms with Gasteiger partial charge in [0.15, 0.2) is 0 Å². The minimum absolute atomic E-state index is 0.0693. The predicted octanol–water partition coefficient (Wildman–Crippen LogP) is 1.49. The Kier molecular flexibility index (Phi) is 3.89. The van der Waals surface area contributed by atoms with Crippen LogP contribution in [0.2, 0.25) is 0 Å². The summed E-state index contributed by atoms with van der Waals surface area (Å²) >= 11 is 0. The minimum atomic E-state index is -0.752. The molecule has 0 saturated heterocycles. The van der Waals surface area contributed by atoms with Crippen molar-refractivity contribution < 1.29 is 19.1 Å². The molecule has 1 aliphatic heterocycles. The molecule has 0 N–H and O–H groups in total. The van der Waals surface area contributed by atoms with Crippen molar-refractivity contribution in [3.8, 4) is 6.07 Å². The van der Waals surface area contributed by atoms with Crippen LogP contribution in [-0.4, -0.2) is 24.6 Å². The van der Waals surface area contributed by atoms with Gasteiger partial charge in [0.2, 0.25) is 0 Å². The van der Waals surface area contributed by atoms with Crippen molar-refractivity contribution in [1.82, 2.24) is 0 Å². The normalized spacial score (nSPS) is 17.6. The zero-order valence-electron chi connectivity index (χ0n) is 10.2. The van der Waals surface area contributed by atoms with Crippen LogP contribution in [0.5, 0.6) is 0 Å². The molecule has 0 aromatic rings. The quantitative estimate of drug-likeness (QED) is 0.692. The fourth-order valence-corrected chi connectivity index (χ4v) is 1.82. The van der Waals surface area contributed by atoms with E-state index in [0.717, 1.165) is 0 Å². The van der Waals surface area contributed by atoms with Gasteiger partial charge in [0.05, 0.1) is 7.11 Å². The van der Waals surface area contributed by atoms with Crippen molar-refractivity contribution in [2.75, 3.05) is 7.11 Å². The summed E-state index contributed by atoms with van der Waals surface area (Å²) in [5.74, 6) is -0.877. The lowest BCUT2D eigenvalue weighted by molar-refractivity contribution is -0.144. The summed E-state index contributed by atoms with van der Waals surface area (Å²) in [6.07, 6.45) is 1.28. The third-order valence-corrected chi connectivity index (χ3v) is 2.73. The number of cyclic esters (lactones) is 1. The van der Waals surface area contributed by atoms with E-state index in [1.807, 2.05) is 6.07 Å². The average molecular weight is 237 g/mol. The Hall–Kier alpha value is -1.83. The molecule has 1 heterocycles. The third-order valence-electron chi connectivity index (χ3n) is 2.73. The number of hydrogen-bond donors (Lipinski definition) is 0. The van der Waals surface area contributed by atoms with E-state index >= 15 is 0 Å². The number of rotatable bonds is 4. The van der Waals surface area contributed by atoms with Gasteiger partial charge in [-0.25, -0.2) is 4.79 Å². The molecule has 0 aromatic carbocycles. The molecule has 0 aromatic heterocycles. The standard InChI is InChI=1S/C12H15NO4/c1-12(2)9(5-4-6-10(14)16-3)8(7-13)11(15)17-12/h4-6H2,1-3H3. The molecular formula is C12H15NO4. The van der Waals surface area contributed by atoms with E-state index in [9.17, 15) is 9.59 Å². The van der Waals surface area contributed by atoms with Gasteiger partial charge in [-0.3, -0.25) is 4.79 Å². The van der Waals surface area contributed by atoms with Gasteiger partial charge >= 0.3 is 11.9 Å². The monoisotopic (exact) mass is 237 g/mol. The van der Waals surface area contributed by atoms with E-state index in [1.165, 1.54) is 7.11 Å².